The van der Waals surface area contributed by atoms with E-state index in [1.165, 1.54) is 20.3 Å². The number of ketones is 2. The van der Waals surface area contributed by atoms with Gasteiger partial charge in [0.15, 0.2) is 34.7 Å². The zero-order valence-electron chi connectivity index (χ0n) is 26.6. The number of carboxylic acids is 1. The quantitative estimate of drug-likeness (QED) is 0.187. The lowest BCUT2D eigenvalue weighted by Crippen LogP contribution is -2.47. The zero-order valence-corrected chi connectivity index (χ0v) is 26.6. The number of hydrogen-bond acceptors (Lipinski definition) is 9. The number of benzene rings is 2. The second kappa shape index (κ2) is 14.9. The molecule has 2 aliphatic rings. The number of ether oxygens (including phenoxy) is 4. The predicted molar refractivity (Wildman–Crippen MR) is 162 cm³/mol. The average Bonchev–Trinajstić information content (AvgIpc) is 3.41. The molecule has 0 bridgehead atoms. The number of halogens is 4. The molecule has 0 saturated heterocycles. The Kier molecular flexibility index (Phi) is 10.6. The number of methoxy groups -OCH3 is 2. The third-order valence-corrected chi connectivity index (χ3v) is 8.49. The predicted octanol–water partition coefficient (Wildman–Crippen LogP) is 3.45. The third kappa shape index (κ3) is 7.50. The van der Waals surface area contributed by atoms with Crippen molar-refractivity contribution in [2.45, 2.75) is 50.2 Å². The third-order valence-electron chi connectivity index (χ3n) is 8.49. The summed E-state index contributed by atoms with van der Waals surface area (Å²) in [6, 6.07) is 3.81. The highest BCUT2D eigenvalue weighted by Gasteiger charge is 2.43. The van der Waals surface area contributed by atoms with Gasteiger partial charge in [-0.3, -0.25) is 19.2 Å². The van der Waals surface area contributed by atoms with Crippen LogP contribution in [0.1, 0.15) is 36.4 Å². The Morgan fingerprint density at radius 3 is 2.38 bits per heavy atom. The molecule has 0 spiro atoms. The van der Waals surface area contributed by atoms with Crippen LogP contribution in [-0.2, 0) is 32.1 Å². The zero-order chi connectivity index (χ0) is 36.3. The minimum absolute atomic E-state index is 0.0505. The Balaban J connectivity index is 1.30. The summed E-state index contributed by atoms with van der Waals surface area (Å²) < 4.78 is 77.4. The molecule has 2 aromatic carbocycles. The smallest absolute Gasteiger partial charge is 0.412 e. The van der Waals surface area contributed by atoms with E-state index in [-0.39, 0.29) is 30.5 Å². The van der Waals surface area contributed by atoms with Crippen molar-refractivity contribution in [3.8, 4) is 23.0 Å². The molecule has 1 aliphatic carbocycles. The van der Waals surface area contributed by atoms with Crippen LogP contribution >= 0.6 is 0 Å². The van der Waals surface area contributed by atoms with Gasteiger partial charge < -0.3 is 39.3 Å². The van der Waals surface area contributed by atoms with Gasteiger partial charge in [-0.05, 0) is 36.6 Å². The molecule has 0 fully saturated rings. The number of carboxylic acid groups (broad SMARTS) is 1. The van der Waals surface area contributed by atoms with Crippen LogP contribution in [0.5, 0.6) is 23.0 Å². The number of aryl methyl sites for hydroxylation is 1. The number of Topliss-reactive ketones (excluding diaryl/α,β-unsaturated/α-hetero) is 2. The first-order valence-corrected chi connectivity index (χ1v) is 15.2. The Labute approximate surface area is 281 Å². The topological polar surface area (TPSA) is 171 Å². The summed E-state index contributed by atoms with van der Waals surface area (Å²) in [4.78, 5) is 64.7. The lowest BCUT2D eigenvalue weighted by Gasteiger charge is -2.31. The molecular weight excluding hydrogens is 674 g/mol. The maximum absolute atomic E-state index is 14.0. The van der Waals surface area contributed by atoms with Gasteiger partial charge in [0, 0.05) is 43.0 Å². The fourth-order valence-electron chi connectivity index (χ4n) is 6.10. The molecule has 3 aromatic rings. The van der Waals surface area contributed by atoms with Gasteiger partial charge in [0.05, 0.1) is 32.5 Å². The summed E-state index contributed by atoms with van der Waals surface area (Å²) >= 11 is 0. The van der Waals surface area contributed by atoms with Gasteiger partial charge in [-0.1, -0.05) is 0 Å². The lowest BCUT2D eigenvalue weighted by molar-refractivity contribution is -0.141. The van der Waals surface area contributed by atoms with Crippen molar-refractivity contribution >= 4 is 29.5 Å². The fraction of sp³-hybridized carbons (Fsp3) is 0.364. The molecule has 17 heteroatoms. The summed E-state index contributed by atoms with van der Waals surface area (Å²) in [5.41, 5.74) is 1.41. The van der Waals surface area contributed by atoms with Gasteiger partial charge in [-0.15, -0.1) is 0 Å². The number of nitrogens with zero attached hydrogens (tertiary/aromatic N) is 1. The van der Waals surface area contributed by atoms with Crippen LogP contribution in [0, 0.1) is 29.2 Å². The van der Waals surface area contributed by atoms with Crippen molar-refractivity contribution in [1.82, 2.24) is 15.2 Å². The maximum Gasteiger partial charge on any atom is 0.412 e. The summed E-state index contributed by atoms with van der Waals surface area (Å²) in [6.45, 7) is -1.30. The molecule has 0 saturated carbocycles. The molecule has 266 valence electrons. The van der Waals surface area contributed by atoms with Gasteiger partial charge in [0.2, 0.25) is 17.5 Å². The molecule has 4 atom stereocenters. The van der Waals surface area contributed by atoms with Crippen LogP contribution in [0.25, 0.3) is 0 Å². The van der Waals surface area contributed by atoms with E-state index < -0.39 is 95.5 Å². The van der Waals surface area contributed by atoms with Gasteiger partial charge >= 0.3 is 12.1 Å². The van der Waals surface area contributed by atoms with Crippen molar-refractivity contribution in [2.24, 2.45) is 5.92 Å². The lowest BCUT2D eigenvalue weighted by atomic mass is 9.79. The minimum atomic E-state index is -1.91. The molecule has 13 nitrogen and oxygen atoms in total. The molecule has 2 amide bonds. The highest BCUT2D eigenvalue weighted by atomic mass is 19.2. The summed E-state index contributed by atoms with van der Waals surface area (Å²) in [5, 5.41) is 14.4. The van der Waals surface area contributed by atoms with E-state index >= 15 is 0 Å². The van der Waals surface area contributed by atoms with Crippen molar-refractivity contribution in [2.75, 3.05) is 20.8 Å². The Morgan fingerprint density at radius 1 is 1.00 bits per heavy atom. The van der Waals surface area contributed by atoms with Crippen molar-refractivity contribution in [3.05, 3.63) is 71.1 Å². The Morgan fingerprint density at radius 2 is 1.72 bits per heavy atom. The SMILES string of the molecule is COc1ccc(OC)c(OC(=O)NC2CCc3ccn4c3C2C(=O)CC(C(=O)NC(CC(=O)O)C(=O)COc2c(F)c(F)cc(F)c2F)C4)c1. The Bertz CT molecular complexity index is 1820. The van der Waals surface area contributed by atoms with Gasteiger partial charge in [0.1, 0.15) is 24.2 Å². The van der Waals surface area contributed by atoms with E-state index in [2.05, 4.69) is 15.4 Å². The van der Waals surface area contributed by atoms with Gasteiger partial charge in [0.25, 0.3) is 0 Å². The van der Waals surface area contributed by atoms with Crippen LogP contribution in [0.2, 0.25) is 0 Å². The van der Waals surface area contributed by atoms with Crippen molar-refractivity contribution in [3.63, 3.8) is 0 Å². The number of aromatic nitrogens is 1. The van der Waals surface area contributed by atoms with Crippen molar-refractivity contribution < 1.29 is 65.6 Å². The van der Waals surface area contributed by atoms with Gasteiger partial charge in [-0.2, -0.15) is 8.78 Å². The normalized spacial score (nSPS) is 18.6. The molecule has 2 heterocycles. The van der Waals surface area contributed by atoms with Crippen LogP contribution in [0.15, 0.2) is 36.5 Å². The molecular formula is C33H31F4N3O10. The van der Waals surface area contributed by atoms with E-state index in [1.807, 2.05) is 0 Å². The maximum atomic E-state index is 14.0. The number of amides is 2. The highest BCUT2D eigenvalue weighted by Crippen LogP contribution is 2.38. The monoisotopic (exact) mass is 705 g/mol. The number of carbonyl (C=O) groups is 5. The Hall–Kier alpha value is -5.61. The molecule has 1 aromatic heterocycles. The fourth-order valence-corrected chi connectivity index (χ4v) is 6.10. The van der Waals surface area contributed by atoms with E-state index in [1.54, 1.807) is 29.0 Å². The minimum Gasteiger partial charge on any atom is -0.497 e. The summed E-state index contributed by atoms with van der Waals surface area (Å²) in [6.07, 6.45) is 0.311. The first-order chi connectivity index (χ1) is 23.8. The van der Waals surface area contributed by atoms with Crippen LogP contribution in [0.4, 0.5) is 22.4 Å². The van der Waals surface area contributed by atoms with E-state index in [0.717, 1.165) is 5.56 Å². The van der Waals surface area contributed by atoms with E-state index in [4.69, 9.17) is 14.2 Å². The molecule has 50 heavy (non-hydrogen) atoms. The number of nitrogens with one attached hydrogen (secondary N) is 2. The molecule has 4 unspecified atom stereocenters. The van der Waals surface area contributed by atoms with Gasteiger partial charge in [-0.25, -0.2) is 13.6 Å². The van der Waals surface area contributed by atoms with Crippen LogP contribution < -0.4 is 29.6 Å². The first kappa shape index (κ1) is 35.7. The molecule has 5 rings (SSSR count). The standard InChI is InChI=1S/C33H31F4N3O10/c1-47-17-4-6-24(48-2)25(10-17)50-33(46)39-20-5-3-15-7-8-40-13-16(9-22(41)27(20)30(15)40)32(45)38-21(12-26(43)44)23(42)14-49-31-28(36)18(34)11-19(35)29(31)37/h4,6-8,10-11,16,20-21,27H,3,5,9,12-14H2,1-2H3,(H,38,45)(H,39,46)(H,43,44). The highest BCUT2D eigenvalue weighted by molar-refractivity contribution is 5.96. The van der Waals surface area contributed by atoms with E-state index in [0.29, 0.717) is 24.3 Å². The largest absolute Gasteiger partial charge is 0.497 e. The second-order valence-corrected chi connectivity index (χ2v) is 11.6. The summed E-state index contributed by atoms with van der Waals surface area (Å²) in [7, 11) is 2.83. The number of rotatable bonds is 12. The van der Waals surface area contributed by atoms with Crippen molar-refractivity contribution in [1.29, 1.82) is 0 Å². The number of aliphatic carboxylic acids is 1. The second-order valence-electron chi connectivity index (χ2n) is 11.6. The number of carbonyl (C=O) groups excluding carboxylic acids is 4. The molecule has 3 N–H and O–H groups in total. The average molecular weight is 706 g/mol. The number of hydrogen-bond donors (Lipinski definition) is 3. The first-order valence-electron chi connectivity index (χ1n) is 15.2. The van der Waals surface area contributed by atoms with E-state index in [9.17, 15) is 46.6 Å². The molecule has 0 radical (unpaired) electrons. The molecule has 1 aliphatic heterocycles. The summed E-state index contributed by atoms with van der Waals surface area (Å²) in [5.74, 6) is -14.2. The van der Waals surface area contributed by atoms with Crippen LogP contribution in [0.3, 0.4) is 0 Å². The van der Waals surface area contributed by atoms with Crippen LogP contribution in [-0.4, -0.2) is 72.1 Å².